The third-order valence-electron chi connectivity index (χ3n) is 6.26. The molecule has 4 aromatic rings. The van der Waals surface area contributed by atoms with Gasteiger partial charge in [-0.1, -0.05) is 72.8 Å². The van der Waals surface area contributed by atoms with Crippen LogP contribution in [0.4, 0.5) is 22.7 Å². The molecule has 0 aliphatic heterocycles. The molecule has 198 valence electrons. The molecule has 0 saturated heterocycles. The molecule has 0 aromatic heterocycles. The highest BCUT2D eigenvalue weighted by molar-refractivity contribution is 7.33. The van der Waals surface area contributed by atoms with Gasteiger partial charge in [-0.15, -0.1) is 0 Å². The normalized spacial score (nSPS) is 11.0. The third-order valence-corrected chi connectivity index (χ3v) is 7.14. The van der Waals surface area contributed by atoms with Crippen LogP contribution in [0, 0.1) is 0 Å². The molecule has 0 aliphatic rings. The second kappa shape index (κ2) is 15.8. The van der Waals surface area contributed by atoms with Crippen LogP contribution in [0.1, 0.15) is 25.7 Å². The summed E-state index contributed by atoms with van der Waals surface area (Å²) in [6.07, 6.45) is 3.49. The molecule has 4 rings (SSSR count). The second-order valence-electron chi connectivity index (χ2n) is 9.01. The summed E-state index contributed by atoms with van der Waals surface area (Å²) in [7, 11) is -2.47. The summed E-state index contributed by atoms with van der Waals surface area (Å²) in [4.78, 5) is 4.60. The second-order valence-corrected chi connectivity index (χ2v) is 10.1. The first-order valence-electron chi connectivity index (χ1n) is 13.4. The van der Waals surface area contributed by atoms with E-state index < -0.39 is 8.25 Å². The van der Waals surface area contributed by atoms with E-state index in [-0.39, 0.29) is 0 Å². The van der Waals surface area contributed by atoms with E-state index in [4.69, 9.17) is 9.05 Å². The Morgan fingerprint density at radius 1 is 0.447 bits per heavy atom. The summed E-state index contributed by atoms with van der Waals surface area (Å²) in [5.41, 5.74) is 4.65. The Bertz CT molecular complexity index is 1020. The van der Waals surface area contributed by atoms with E-state index in [1.165, 1.54) is 0 Å². The lowest BCUT2D eigenvalue weighted by Gasteiger charge is -2.25. The number of anilines is 4. The Kier molecular flexibility index (Phi) is 11.5. The standard InChI is InChI=1S/C32H37N2O3P/c35-38(36-27-15-13-25-33(29-17-5-1-6-18-29)30-19-7-2-8-20-30)37-28-16-14-26-34(31-21-9-3-10-22-31)32-23-11-4-12-24-32/h1-12,17-24,38H,13-16,25-28H2. The Balaban J connectivity index is 1.13. The maximum atomic E-state index is 12.2. The van der Waals surface area contributed by atoms with E-state index in [0.29, 0.717) is 13.2 Å². The van der Waals surface area contributed by atoms with Gasteiger partial charge in [-0.25, -0.2) is 0 Å². The molecule has 0 spiro atoms. The van der Waals surface area contributed by atoms with Crippen LogP contribution in [0.2, 0.25) is 0 Å². The van der Waals surface area contributed by atoms with Crippen molar-refractivity contribution in [3.05, 3.63) is 121 Å². The van der Waals surface area contributed by atoms with Gasteiger partial charge in [0.15, 0.2) is 0 Å². The van der Waals surface area contributed by atoms with Crippen LogP contribution in [0.5, 0.6) is 0 Å². The molecule has 6 heteroatoms. The van der Waals surface area contributed by atoms with Crippen LogP contribution in [-0.2, 0) is 13.6 Å². The highest BCUT2D eigenvalue weighted by Gasteiger charge is 2.10. The van der Waals surface area contributed by atoms with Gasteiger partial charge in [0.2, 0.25) is 0 Å². The topological polar surface area (TPSA) is 42.0 Å². The highest BCUT2D eigenvalue weighted by atomic mass is 31.1. The molecule has 4 aromatic carbocycles. The average Bonchev–Trinajstić information content (AvgIpc) is 2.98. The van der Waals surface area contributed by atoms with Crippen molar-refractivity contribution in [1.29, 1.82) is 0 Å². The van der Waals surface area contributed by atoms with Gasteiger partial charge in [-0.2, -0.15) is 0 Å². The van der Waals surface area contributed by atoms with Crippen LogP contribution >= 0.6 is 8.25 Å². The molecule has 38 heavy (non-hydrogen) atoms. The zero-order chi connectivity index (χ0) is 26.3. The maximum absolute atomic E-state index is 12.2. The molecule has 0 radical (unpaired) electrons. The molecule has 0 heterocycles. The number of unbranched alkanes of at least 4 members (excludes halogenated alkanes) is 2. The van der Waals surface area contributed by atoms with Crippen molar-refractivity contribution in [2.45, 2.75) is 25.7 Å². The van der Waals surface area contributed by atoms with Crippen LogP contribution in [-0.4, -0.2) is 26.3 Å². The Labute approximate surface area is 227 Å². The van der Waals surface area contributed by atoms with Crippen molar-refractivity contribution in [2.75, 3.05) is 36.1 Å². The van der Waals surface area contributed by atoms with Crippen molar-refractivity contribution in [2.24, 2.45) is 0 Å². The zero-order valence-electron chi connectivity index (χ0n) is 21.8. The molecule has 0 aliphatic carbocycles. The average molecular weight is 529 g/mol. The zero-order valence-corrected chi connectivity index (χ0v) is 22.8. The minimum Gasteiger partial charge on any atom is -0.341 e. The van der Waals surface area contributed by atoms with Crippen LogP contribution < -0.4 is 9.80 Å². The molecule has 0 saturated carbocycles. The molecular formula is C32H37N2O3P. The van der Waals surface area contributed by atoms with Gasteiger partial charge >= 0.3 is 8.25 Å². The Morgan fingerprint density at radius 2 is 0.737 bits per heavy atom. The number of nitrogens with zero attached hydrogens (tertiary/aromatic N) is 2. The molecule has 0 unspecified atom stereocenters. The van der Waals surface area contributed by atoms with Gasteiger partial charge in [-0.3, -0.25) is 4.57 Å². The Hall–Kier alpha value is -3.37. The van der Waals surface area contributed by atoms with Gasteiger partial charge in [0, 0.05) is 35.8 Å². The molecular weight excluding hydrogens is 491 g/mol. The maximum Gasteiger partial charge on any atom is 0.319 e. The van der Waals surface area contributed by atoms with Gasteiger partial charge in [0.25, 0.3) is 0 Å². The fourth-order valence-electron chi connectivity index (χ4n) is 4.34. The quantitative estimate of drug-likeness (QED) is 0.108. The lowest BCUT2D eigenvalue weighted by Crippen LogP contribution is -2.18. The van der Waals surface area contributed by atoms with Gasteiger partial charge in [0.05, 0.1) is 13.2 Å². The first-order valence-corrected chi connectivity index (χ1v) is 14.6. The number of rotatable bonds is 16. The van der Waals surface area contributed by atoms with Gasteiger partial charge in [-0.05, 0) is 74.2 Å². The molecule has 0 N–H and O–H groups in total. The summed E-state index contributed by atoms with van der Waals surface area (Å²) >= 11 is 0. The van der Waals surface area contributed by atoms with E-state index in [1.807, 2.05) is 24.3 Å². The summed E-state index contributed by atoms with van der Waals surface area (Å²) < 4.78 is 23.2. The predicted octanol–water partition coefficient (Wildman–Crippen LogP) is 8.65. The van der Waals surface area contributed by atoms with Gasteiger partial charge < -0.3 is 18.8 Å². The van der Waals surface area contributed by atoms with E-state index >= 15 is 0 Å². The Morgan fingerprint density at radius 3 is 1.03 bits per heavy atom. The van der Waals surface area contributed by atoms with Crippen LogP contribution in [0.3, 0.4) is 0 Å². The number of benzene rings is 4. The van der Waals surface area contributed by atoms with Crippen molar-refractivity contribution < 1.29 is 13.6 Å². The van der Waals surface area contributed by atoms with Gasteiger partial charge in [0.1, 0.15) is 0 Å². The van der Waals surface area contributed by atoms with E-state index in [1.54, 1.807) is 0 Å². The smallest absolute Gasteiger partial charge is 0.319 e. The largest absolute Gasteiger partial charge is 0.341 e. The molecule has 0 fully saturated rings. The van der Waals surface area contributed by atoms with Crippen molar-refractivity contribution in [3.63, 3.8) is 0 Å². The number of hydrogen-bond acceptors (Lipinski definition) is 5. The minimum atomic E-state index is -2.47. The van der Waals surface area contributed by atoms with E-state index in [0.717, 1.165) is 61.5 Å². The third kappa shape index (κ3) is 8.88. The summed E-state index contributed by atoms with van der Waals surface area (Å²) in [5, 5.41) is 0. The van der Waals surface area contributed by atoms with Crippen molar-refractivity contribution in [1.82, 2.24) is 0 Å². The lowest BCUT2D eigenvalue weighted by atomic mass is 10.2. The van der Waals surface area contributed by atoms with Crippen molar-refractivity contribution >= 4 is 31.0 Å². The molecule has 0 bridgehead atoms. The van der Waals surface area contributed by atoms with Crippen LogP contribution in [0.25, 0.3) is 0 Å². The lowest BCUT2D eigenvalue weighted by molar-refractivity contribution is 0.220. The highest BCUT2D eigenvalue weighted by Crippen LogP contribution is 2.28. The summed E-state index contributed by atoms with van der Waals surface area (Å²) in [5.74, 6) is 0. The minimum absolute atomic E-state index is 0.436. The molecule has 0 atom stereocenters. The fourth-order valence-corrected chi connectivity index (χ4v) is 5.05. The number of para-hydroxylation sites is 4. The summed E-state index contributed by atoms with van der Waals surface area (Å²) in [6, 6.07) is 41.5. The van der Waals surface area contributed by atoms with Crippen LogP contribution in [0.15, 0.2) is 121 Å². The SMILES string of the molecule is O=[PH](OCCCCN(c1ccccc1)c1ccccc1)OCCCCN(c1ccccc1)c1ccccc1. The molecule has 5 nitrogen and oxygen atoms in total. The first-order chi connectivity index (χ1) is 18.8. The van der Waals surface area contributed by atoms with E-state index in [2.05, 4.69) is 107 Å². The summed E-state index contributed by atoms with van der Waals surface area (Å²) in [6.45, 7) is 2.59. The monoisotopic (exact) mass is 528 g/mol. The van der Waals surface area contributed by atoms with E-state index in [9.17, 15) is 4.57 Å². The first kappa shape index (κ1) is 27.7. The fraction of sp³-hybridized carbons (Fsp3) is 0.250. The molecule has 0 amide bonds. The number of hydrogen-bond donors (Lipinski definition) is 0. The van der Waals surface area contributed by atoms with Crippen molar-refractivity contribution in [3.8, 4) is 0 Å². The predicted molar refractivity (Wildman–Crippen MR) is 159 cm³/mol.